The molecule has 0 amide bonds. The summed E-state index contributed by atoms with van der Waals surface area (Å²) in [5.74, 6) is 1.10. The Morgan fingerprint density at radius 3 is 2.83 bits per heavy atom. The molecule has 6 heteroatoms. The van der Waals surface area contributed by atoms with E-state index in [-0.39, 0.29) is 5.75 Å². The highest BCUT2D eigenvalue weighted by atomic mass is 32.2. The number of anilines is 1. The molecule has 1 aliphatic carbocycles. The Bertz CT molecular complexity index is 475. The van der Waals surface area contributed by atoms with Gasteiger partial charge in [-0.25, -0.2) is 13.4 Å². The maximum absolute atomic E-state index is 11.0. The largest absolute Gasteiger partial charge is 0.356 e. The Hall–Kier alpha value is -1.04. The molecular formula is C12H21N3O2S. The molecule has 0 spiro atoms. The molecule has 0 unspecified atom stereocenters. The minimum atomic E-state index is -2.86. The van der Waals surface area contributed by atoms with E-state index in [1.165, 1.54) is 31.9 Å². The minimum Gasteiger partial charge on any atom is -0.356 e. The van der Waals surface area contributed by atoms with Crippen LogP contribution in [0.15, 0.2) is 12.4 Å². The van der Waals surface area contributed by atoms with Gasteiger partial charge in [0.05, 0.1) is 5.75 Å². The average molecular weight is 271 g/mol. The van der Waals surface area contributed by atoms with E-state index in [0.29, 0.717) is 19.0 Å². The average Bonchev–Trinajstić information content (AvgIpc) is 2.93. The Labute approximate surface area is 109 Å². The quantitative estimate of drug-likeness (QED) is 0.802. The highest BCUT2D eigenvalue weighted by molar-refractivity contribution is 7.90. The molecular weight excluding hydrogens is 250 g/mol. The molecule has 0 bridgehead atoms. The molecule has 1 aromatic heterocycles. The third-order valence-corrected chi connectivity index (χ3v) is 4.39. The van der Waals surface area contributed by atoms with Crippen molar-refractivity contribution in [1.82, 2.24) is 9.55 Å². The number of hydrogen-bond acceptors (Lipinski definition) is 4. The SMILES string of the molecule is CS(=O)(=O)CCCNc1nccn1C1CCCC1. The molecule has 1 N–H and O–H groups in total. The molecule has 1 saturated carbocycles. The summed E-state index contributed by atoms with van der Waals surface area (Å²) in [4.78, 5) is 4.30. The zero-order valence-corrected chi connectivity index (χ0v) is 11.6. The van der Waals surface area contributed by atoms with Gasteiger partial charge in [-0.15, -0.1) is 0 Å². The van der Waals surface area contributed by atoms with Gasteiger partial charge >= 0.3 is 0 Å². The fourth-order valence-corrected chi connectivity index (χ4v) is 3.13. The van der Waals surface area contributed by atoms with E-state index in [1.807, 2.05) is 6.20 Å². The number of imidazole rings is 1. The molecule has 1 heterocycles. The van der Waals surface area contributed by atoms with Crippen LogP contribution in [0.5, 0.6) is 0 Å². The van der Waals surface area contributed by atoms with Gasteiger partial charge < -0.3 is 9.88 Å². The van der Waals surface area contributed by atoms with Crippen molar-refractivity contribution in [2.75, 3.05) is 23.9 Å². The first-order valence-electron chi connectivity index (χ1n) is 6.51. The molecule has 0 radical (unpaired) electrons. The van der Waals surface area contributed by atoms with Crippen LogP contribution in [0.3, 0.4) is 0 Å². The van der Waals surface area contributed by atoms with Gasteiger partial charge in [-0.1, -0.05) is 12.8 Å². The third kappa shape index (κ3) is 3.73. The first-order valence-corrected chi connectivity index (χ1v) is 8.57. The van der Waals surface area contributed by atoms with E-state index in [1.54, 1.807) is 6.20 Å². The van der Waals surface area contributed by atoms with Crippen molar-refractivity contribution in [2.24, 2.45) is 0 Å². The molecule has 102 valence electrons. The minimum absolute atomic E-state index is 0.226. The van der Waals surface area contributed by atoms with Crippen LogP contribution in [-0.2, 0) is 9.84 Å². The predicted molar refractivity (Wildman–Crippen MR) is 72.5 cm³/mol. The third-order valence-electron chi connectivity index (χ3n) is 3.36. The van der Waals surface area contributed by atoms with Crippen molar-refractivity contribution < 1.29 is 8.42 Å². The number of sulfone groups is 1. The summed E-state index contributed by atoms with van der Waals surface area (Å²) in [6.45, 7) is 0.650. The molecule has 5 nitrogen and oxygen atoms in total. The lowest BCUT2D eigenvalue weighted by Gasteiger charge is -2.15. The molecule has 1 aliphatic rings. The summed E-state index contributed by atoms with van der Waals surface area (Å²) in [6, 6.07) is 0.560. The maximum Gasteiger partial charge on any atom is 0.203 e. The normalized spacial score (nSPS) is 17.2. The molecule has 0 aliphatic heterocycles. The predicted octanol–water partition coefficient (Wildman–Crippen LogP) is 1.84. The van der Waals surface area contributed by atoms with E-state index in [4.69, 9.17) is 0 Å². The highest BCUT2D eigenvalue weighted by Gasteiger charge is 2.18. The summed E-state index contributed by atoms with van der Waals surface area (Å²) >= 11 is 0. The van der Waals surface area contributed by atoms with Gasteiger partial charge in [0, 0.05) is 31.2 Å². The first-order chi connectivity index (χ1) is 8.56. The fourth-order valence-electron chi connectivity index (χ4n) is 2.46. The van der Waals surface area contributed by atoms with Crippen LogP contribution in [0.2, 0.25) is 0 Å². The zero-order valence-electron chi connectivity index (χ0n) is 10.8. The number of nitrogens with one attached hydrogen (secondary N) is 1. The van der Waals surface area contributed by atoms with Crippen LogP contribution < -0.4 is 5.32 Å². The van der Waals surface area contributed by atoms with Crippen molar-refractivity contribution in [3.05, 3.63) is 12.4 Å². The molecule has 1 fully saturated rings. The van der Waals surface area contributed by atoms with Gasteiger partial charge in [-0.2, -0.15) is 0 Å². The van der Waals surface area contributed by atoms with E-state index in [9.17, 15) is 8.42 Å². The second kappa shape index (κ2) is 5.73. The first kappa shape index (κ1) is 13.4. The Morgan fingerprint density at radius 2 is 2.17 bits per heavy atom. The van der Waals surface area contributed by atoms with E-state index in [2.05, 4.69) is 14.9 Å². The summed E-state index contributed by atoms with van der Waals surface area (Å²) in [6.07, 6.45) is 10.7. The molecule has 18 heavy (non-hydrogen) atoms. The molecule has 0 saturated heterocycles. The van der Waals surface area contributed by atoms with Crippen LogP contribution in [0.4, 0.5) is 5.95 Å². The van der Waals surface area contributed by atoms with Gasteiger partial charge in [0.25, 0.3) is 0 Å². The van der Waals surface area contributed by atoms with Crippen molar-refractivity contribution >= 4 is 15.8 Å². The second-order valence-electron chi connectivity index (χ2n) is 5.01. The number of aromatic nitrogens is 2. The molecule has 0 atom stereocenters. The summed E-state index contributed by atoms with van der Waals surface area (Å²) in [5, 5.41) is 3.23. The van der Waals surface area contributed by atoms with Crippen LogP contribution in [-0.4, -0.2) is 36.5 Å². The van der Waals surface area contributed by atoms with Crippen LogP contribution >= 0.6 is 0 Å². The number of rotatable bonds is 6. The topological polar surface area (TPSA) is 64.0 Å². The lowest BCUT2D eigenvalue weighted by atomic mass is 10.2. The highest BCUT2D eigenvalue weighted by Crippen LogP contribution is 2.31. The van der Waals surface area contributed by atoms with Crippen LogP contribution in [0, 0.1) is 0 Å². The summed E-state index contributed by atoms with van der Waals surface area (Å²) in [7, 11) is -2.86. The van der Waals surface area contributed by atoms with E-state index >= 15 is 0 Å². The number of nitrogens with zero attached hydrogens (tertiary/aromatic N) is 2. The molecule has 0 aromatic carbocycles. The lowest BCUT2D eigenvalue weighted by Crippen LogP contribution is -2.14. The second-order valence-corrected chi connectivity index (χ2v) is 7.27. The van der Waals surface area contributed by atoms with Crippen molar-refractivity contribution in [3.63, 3.8) is 0 Å². The summed E-state index contributed by atoms with van der Waals surface area (Å²) in [5.41, 5.74) is 0. The maximum atomic E-state index is 11.0. The van der Waals surface area contributed by atoms with Crippen LogP contribution in [0.25, 0.3) is 0 Å². The zero-order chi connectivity index (χ0) is 13.0. The van der Waals surface area contributed by atoms with Gasteiger partial charge in [-0.3, -0.25) is 0 Å². The van der Waals surface area contributed by atoms with E-state index in [0.717, 1.165) is 5.95 Å². The van der Waals surface area contributed by atoms with Gasteiger partial charge in [0.15, 0.2) is 0 Å². The van der Waals surface area contributed by atoms with Crippen molar-refractivity contribution in [3.8, 4) is 0 Å². The monoisotopic (exact) mass is 271 g/mol. The molecule has 1 aromatic rings. The number of hydrogen-bond donors (Lipinski definition) is 1. The smallest absolute Gasteiger partial charge is 0.203 e. The van der Waals surface area contributed by atoms with Crippen molar-refractivity contribution in [2.45, 2.75) is 38.1 Å². The summed E-state index contributed by atoms with van der Waals surface area (Å²) < 4.78 is 24.2. The molecule has 2 rings (SSSR count). The van der Waals surface area contributed by atoms with Crippen molar-refractivity contribution in [1.29, 1.82) is 0 Å². The van der Waals surface area contributed by atoms with E-state index < -0.39 is 9.84 Å². The Kier molecular flexibility index (Phi) is 4.27. The Morgan fingerprint density at radius 1 is 1.44 bits per heavy atom. The standard InChI is InChI=1S/C12H21N3O2S/c1-18(16,17)10-4-7-13-12-14-8-9-15(12)11-5-2-3-6-11/h8-9,11H,2-7,10H2,1H3,(H,13,14). The van der Waals surface area contributed by atoms with Gasteiger partial charge in [0.1, 0.15) is 9.84 Å². The Balaban J connectivity index is 1.84. The van der Waals surface area contributed by atoms with Gasteiger partial charge in [0.2, 0.25) is 5.95 Å². The fraction of sp³-hybridized carbons (Fsp3) is 0.750. The van der Waals surface area contributed by atoms with Crippen LogP contribution in [0.1, 0.15) is 38.1 Å². The lowest BCUT2D eigenvalue weighted by molar-refractivity contribution is 0.523. The van der Waals surface area contributed by atoms with Gasteiger partial charge in [-0.05, 0) is 19.3 Å².